The van der Waals surface area contributed by atoms with E-state index in [-0.39, 0.29) is 18.0 Å². The van der Waals surface area contributed by atoms with E-state index in [1.54, 1.807) is 46.0 Å². The van der Waals surface area contributed by atoms with Crippen LogP contribution in [0.4, 0.5) is 5.69 Å². The number of hydrogen-bond donors (Lipinski definition) is 2. The summed E-state index contributed by atoms with van der Waals surface area (Å²) in [5, 5.41) is 32.0. The van der Waals surface area contributed by atoms with Crippen molar-refractivity contribution in [3.8, 4) is 17.2 Å². The maximum atomic E-state index is 11.9. The second-order valence-electron chi connectivity index (χ2n) is 6.42. The van der Waals surface area contributed by atoms with E-state index in [0.29, 0.717) is 33.6 Å². The summed E-state index contributed by atoms with van der Waals surface area (Å²) in [5.41, 5.74) is 1.82. The third kappa shape index (κ3) is 3.25. The van der Waals surface area contributed by atoms with Crippen molar-refractivity contribution in [1.29, 1.82) is 0 Å². The van der Waals surface area contributed by atoms with Gasteiger partial charge in [0.25, 0.3) is 0 Å². The molecular formula is C20H21N3O5. The Kier molecular flexibility index (Phi) is 5.23. The summed E-state index contributed by atoms with van der Waals surface area (Å²) >= 11 is 0. The lowest BCUT2D eigenvalue weighted by Crippen LogP contribution is -2.03. The van der Waals surface area contributed by atoms with Crippen molar-refractivity contribution in [3.05, 3.63) is 64.0 Å². The fourth-order valence-corrected chi connectivity index (χ4v) is 3.21. The van der Waals surface area contributed by atoms with Crippen molar-refractivity contribution in [3.63, 3.8) is 0 Å². The molecule has 3 rings (SSSR count). The summed E-state index contributed by atoms with van der Waals surface area (Å²) < 4.78 is 7.05. The van der Waals surface area contributed by atoms with Gasteiger partial charge in [-0.2, -0.15) is 0 Å². The predicted molar refractivity (Wildman–Crippen MR) is 107 cm³/mol. The molecule has 146 valence electrons. The van der Waals surface area contributed by atoms with Crippen molar-refractivity contribution >= 4 is 22.7 Å². The molecule has 0 spiro atoms. The summed E-state index contributed by atoms with van der Waals surface area (Å²) in [5.74, 6) is 0.519. The van der Waals surface area contributed by atoms with E-state index in [2.05, 4.69) is 0 Å². The largest absolute Gasteiger partial charge is 0.508 e. The number of aromatic nitrogens is 1. The quantitative estimate of drug-likeness (QED) is 0.500. The van der Waals surface area contributed by atoms with Crippen molar-refractivity contribution < 1.29 is 19.9 Å². The molecule has 0 amide bonds. The minimum absolute atomic E-state index is 0.0708. The first-order valence-electron chi connectivity index (χ1n) is 8.52. The van der Waals surface area contributed by atoms with Gasteiger partial charge in [0.1, 0.15) is 17.2 Å². The third-order valence-electron chi connectivity index (χ3n) is 4.40. The minimum Gasteiger partial charge on any atom is -0.508 e. The van der Waals surface area contributed by atoms with Gasteiger partial charge in [-0.3, -0.25) is 10.1 Å². The lowest BCUT2D eigenvalue weighted by molar-refractivity contribution is -0.383. The van der Waals surface area contributed by atoms with E-state index in [9.17, 15) is 20.3 Å². The van der Waals surface area contributed by atoms with Gasteiger partial charge in [-0.25, -0.2) is 0 Å². The average Bonchev–Trinajstić information content (AvgIpc) is 3.00. The van der Waals surface area contributed by atoms with Gasteiger partial charge in [0.2, 0.25) is 0 Å². The number of benzene rings is 2. The van der Waals surface area contributed by atoms with Gasteiger partial charge >= 0.3 is 5.69 Å². The molecule has 0 saturated heterocycles. The molecule has 0 atom stereocenters. The summed E-state index contributed by atoms with van der Waals surface area (Å²) in [6.45, 7) is -0.351. The van der Waals surface area contributed by atoms with Crippen LogP contribution in [-0.4, -0.2) is 45.8 Å². The van der Waals surface area contributed by atoms with Crippen LogP contribution in [-0.2, 0) is 6.61 Å². The molecule has 0 fully saturated rings. The highest BCUT2D eigenvalue weighted by Crippen LogP contribution is 2.41. The van der Waals surface area contributed by atoms with Gasteiger partial charge in [0.15, 0.2) is 0 Å². The number of hydrogen-bond acceptors (Lipinski definition) is 6. The normalized spacial score (nSPS) is 11.3. The first-order valence-corrected chi connectivity index (χ1v) is 8.52. The van der Waals surface area contributed by atoms with E-state index in [1.807, 2.05) is 14.1 Å². The summed E-state index contributed by atoms with van der Waals surface area (Å²) in [6, 6.07) is 9.56. The minimum atomic E-state index is -0.428. The number of aliphatic hydroxyl groups excluding tert-OH is 1. The van der Waals surface area contributed by atoms with Crippen LogP contribution >= 0.6 is 0 Å². The third-order valence-corrected chi connectivity index (χ3v) is 4.40. The molecule has 2 aromatic carbocycles. The second kappa shape index (κ2) is 7.61. The zero-order valence-electron chi connectivity index (χ0n) is 15.8. The topological polar surface area (TPSA) is 101 Å². The molecule has 8 nitrogen and oxygen atoms in total. The van der Waals surface area contributed by atoms with Crippen LogP contribution in [0.15, 0.2) is 42.6 Å². The number of aromatic hydroxyl groups is 1. The highest BCUT2D eigenvalue weighted by molar-refractivity contribution is 5.99. The molecule has 8 heteroatoms. The van der Waals surface area contributed by atoms with Crippen LogP contribution in [0.3, 0.4) is 0 Å². The SMILES string of the molecule is COc1ccc2c([N+](=O)[O-])c(C=CN(C)C)n(-c3ccc(O)cc3)c2c1CO. The maximum absolute atomic E-state index is 11.9. The molecule has 0 saturated carbocycles. The van der Waals surface area contributed by atoms with Gasteiger partial charge < -0.3 is 24.4 Å². The Morgan fingerprint density at radius 3 is 2.43 bits per heavy atom. The Hall–Kier alpha value is -3.52. The number of rotatable bonds is 6. The number of phenols is 1. The zero-order valence-corrected chi connectivity index (χ0v) is 15.8. The molecular weight excluding hydrogens is 362 g/mol. The van der Waals surface area contributed by atoms with Crippen LogP contribution in [0.25, 0.3) is 22.7 Å². The lowest BCUT2D eigenvalue weighted by Gasteiger charge is -2.13. The number of ether oxygens (including phenoxy) is 1. The van der Waals surface area contributed by atoms with E-state index in [0.717, 1.165) is 0 Å². The molecule has 0 aliphatic carbocycles. The fraction of sp³-hybridized carbons (Fsp3) is 0.200. The fourth-order valence-electron chi connectivity index (χ4n) is 3.21. The molecule has 1 heterocycles. The van der Waals surface area contributed by atoms with Gasteiger partial charge in [0.05, 0.1) is 29.5 Å². The molecule has 3 aromatic rings. The van der Waals surface area contributed by atoms with E-state index in [1.165, 1.54) is 19.2 Å². The molecule has 0 unspecified atom stereocenters. The lowest BCUT2D eigenvalue weighted by atomic mass is 10.1. The second-order valence-corrected chi connectivity index (χ2v) is 6.42. The number of nitro groups is 1. The average molecular weight is 383 g/mol. The Morgan fingerprint density at radius 1 is 1.21 bits per heavy atom. The van der Waals surface area contributed by atoms with Gasteiger partial charge in [-0.05, 0) is 42.5 Å². The summed E-state index contributed by atoms with van der Waals surface area (Å²) in [7, 11) is 5.12. The number of methoxy groups -OCH3 is 1. The molecule has 2 N–H and O–H groups in total. The molecule has 0 aliphatic rings. The first kappa shape index (κ1) is 19.2. The standard InChI is InChI=1S/C20H21N3O5/c1-21(2)11-10-17-20(23(26)27)15-8-9-18(28-3)16(12-24)19(15)22(17)13-4-6-14(25)7-5-13/h4-11,24-25H,12H2,1-3H3. The monoisotopic (exact) mass is 383 g/mol. The van der Waals surface area contributed by atoms with Crippen molar-refractivity contribution in [1.82, 2.24) is 9.47 Å². The van der Waals surface area contributed by atoms with Crippen LogP contribution in [0, 0.1) is 10.1 Å². The van der Waals surface area contributed by atoms with Gasteiger partial charge in [-0.15, -0.1) is 0 Å². The van der Waals surface area contributed by atoms with Crippen LogP contribution in [0.2, 0.25) is 0 Å². The maximum Gasteiger partial charge on any atom is 0.302 e. The van der Waals surface area contributed by atoms with Crippen LogP contribution in [0.1, 0.15) is 11.3 Å². The first-order chi connectivity index (χ1) is 13.4. The molecule has 28 heavy (non-hydrogen) atoms. The smallest absolute Gasteiger partial charge is 0.302 e. The van der Waals surface area contributed by atoms with Crippen molar-refractivity contribution in [2.24, 2.45) is 0 Å². The Bertz CT molecular complexity index is 1050. The zero-order chi connectivity index (χ0) is 20.4. The molecule has 1 aromatic heterocycles. The highest BCUT2D eigenvalue weighted by Gasteiger charge is 2.28. The Labute approximate surface area is 161 Å². The number of nitrogens with zero attached hydrogens (tertiary/aromatic N) is 3. The van der Waals surface area contributed by atoms with Crippen LogP contribution < -0.4 is 4.74 Å². The number of aliphatic hydroxyl groups is 1. The van der Waals surface area contributed by atoms with Crippen molar-refractivity contribution in [2.45, 2.75) is 6.61 Å². The van der Waals surface area contributed by atoms with Crippen molar-refractivity contribution in [2.75, 3.05) is 21.2 Å². The molecule has 0 bridgehead atoms. The van der Waals surface area contributed by atoms with Gasteiger partial charge in [0, 0.05) is 31.5 Å². The molecule has 0 radical (unpaired) electrons. The van der Waals surface area contributed by atoms with Crippen LogP contribution in [0.5, 0.6) is 11.5 Å². The molecule has 0 aliphatic heterocycles. The van der Waals surface area contributed by atoms with Gasteiger partial charge in [-0.1, -0.05) is 0 Å². The summed E-state index contributed by atoms with van der Waals surface area (Å²) in [6.07, 6.45) is 3.37. The van der Waals surface area contributed by atoms with E-state index >= 15 is 0 Å². The summed E-state index contributed by atoms with van der Waals surface area (Å²) in [4.78, 5) is 13.3. The predicted octanol–water partition coefficient (Wildman–Crippen LogP) is 3.28. The number of phenolic OH excluding ortho intramolecular Hbond substituents is 1. The number of fused-ring (bicyclic) bond motifs is 1. The van der Waals surface area contributed by atoms with E-state index in [4.69, 9.17) is 4.74 Å². The Morgan fingerprint density at radius 2 is 1.89 bits per heavy atom. The Balaban J connectivity index is 2.52. The van der Waals surface area contributed by atoms with E-state index < -0.39 is 4.92 Å². The highest BCUT2D eigenvalue weighted by atomic mass is 16.6.